The maximum absolute atomic E-state index is 6.02. The second kappa shape index (κ2) is 2.76. The van der Waals surface area contributed by atoms with Crippen LogP contribution < -0.4 is 0 Å². The van der Waals surface area contributed by atoms with Crippen molar-refractivity contribution in [3.05, 3.63) is 27.5 Å². The second-order valence-corrected chi connectivity index (χ2v) is 4.00. The minimum Gasteiger partial charge on any atom is -0.259 e. The van der Waals surface area contributed by atoms with Crippen LogP contribution in [0.15, 0.2) is 16.7 Å². The summed E-state index contributed by atoms with van der Waals surface area (Å²) in [4.78, 5) is 4.24. The zero-order valence-electron chi connectivity index (χ0n) is 5.85. The molecule has 0 amide bonds. The summed E-state index contributed by atoms with van der Waals surface area (Å²) in [5.74, 6) is 0.625. The van der Waals surface area contributed by atoms with Crippen molar-refractivity contribution >= 4 is 27.5 Å². The number of aromatic nitrogens is 1. The third kappa shape index (κ3) is 1.42. The summed E-state index contributed by atoms with van der Waals surface area (Å²) in [5, 5.41) is 0.787. The highest BCUT2D eigenvalue weighted by molar-refractivity contribution is 9.10. The van der Waals surface area contributed by atoms with E-state index < -0.39 is 0 Å². The fourth-order valence-corrected chi connectivity index (χ4v) is 1.66. The zero-order valence-corrected chi connectivity index (χ0v) is 8.19. The number of nitrogens with zero attached hydrogens (tertiary/aromatic N) is 1. The molecular weight excluding hydrogens is 225 g/mol. The van der Waals surface area contributed by atoms with E-state index in [2.05, 4.69) is 20.9 Å². The number of halogens is 2. The van der Waals surface area contributed by atoms with Crippen LogP contribution in [0.4, 0.5) is 0 Å². The van der Waals surface area contributed by atoms with E-state index in [4.69, 9.17) is 11.6 Å². The largest absolute Gasteiger partial charge is 0.259 e. The lowest BCUT2D eigenvalue weighted by Crippen LogP contribution is -1.87. The summed E-state index contributed by atoms with van der Waals surface area (Å²) in [6.07, 6.45) is 4.27. The topological polar surface area (TPSA) is 12.9 Å². The van der Waals surface area contributed by atoms with Crippen LogP contribution in [0.3, 0.4) is 0 Å². The molecule has 2 rings (SSSR count). The lowest BCUT2D eigenvalue weighted by molar-refractivity contribution is 1.02. The molecule has 1 saturated carbocycles. The summed E-state index contributed by atoms with van der Waals surface area (Å²) in [6, 6.07) is 1.87. The fourth-order valence-electron chi connectivity index (χ4n) is 1.08. The first-order valence-electron chi connectivity index (χ1n) is 3.59. The Labute approximate surface area is 78.9 Å². The van der Waals surface area contributed by atoms with Gasteiger partial charge < -0.3 is 0 Å². The Morgan fingerprint density at radius 1 is 1.55 bits per heavy atom. The smallest absolute Gasteiger partial charge is 0.0766 e. The highest BCUT2D eigenvalue weighted by Crippen LogP contribution is 2.43. The fraction of sp³-hybridized carbons (Fsp3) is 0.375. The highest BCUT2D eigenvalue weighted by atomic mass is 79.9. The van der Waals surface area contributed by atoms with Gasteiger partial charge in [-0.15, -0.1) is 0 Å². The van der Waals surface area contributed by atoms with Crippen molar-refractivity contribution in [2.75, 3.05) is 0 Å². The van der Waals surface area contributed by atoms with Crippen molar-refractivity contribution in [1.82, 2.24) is 4.98 Å². The molecule has 0 aromatic carbocycles. The summed E-state index contributed by atoms with van der Waals surface area (Å²) >= 11 is 9.39. The van der Waals surface area contributed by atoms with Gasteiger partial charge in [0.2, 0.25) is 0 Å². The second-order valence-electron chi connectivity index (χ2n) is 2.77. The standard InChI is InChI=1S/C8H7BrClN/c9-6-3-4-11-8(7(6)10)5-1-2-5/h3-5H,1-2H2. The Morgan fingerprint density at radius 3 is 2.91 bits per heavy atom. The van der Waals surface area contributed by atoms with Gasteiger partial charge in [-0.2, -0.15) is 0 Å². The molecule has 1 aliphatic carbocycles. The maximum Gasteiger partial charge on any atom is 0.0766 e. The molecule has 1 fully saturated rings. The monoisotopic (exact) mass is 231 g/mol. The number of hydrogen-bond donors (Lipinski definition) is 0. The lowest BCUT2D eigenvalue weighted by atomic mass is 10.2. The molecular formula is C8H7BrClN. The Bertz CT molecular complexity index is 283. The molecule has 0 spiro atoms. The van der Waals surface area contributed by atoms with Crippen molar-refractivity contribution in [3.8, 4) is 0 Å². The van der Waals surface area contributed by atoms with Gasteiger partial charge in [-0.3, -0.25) is 4.98 Å². The van der Waals surface area contributed by atoms with Gasteiger partial charge in [-0.1, -0.05) is 11.6 Å². The summed E-state index contributed by atoms with van der Waals surface area (Å²) in [7, 11) is 0. The molecule has 1 aromatic heterocycles. The highest BCUT2D eigenvalue weighted by Gasteiger charge is 2.27. The molecule has 0 atom stereocenters. The zero-order chi connectivity index (χ0) is 7.84. The van der Waals surface area contributed by atoms with Gasteiger partial charge in [0, 0.05) is 16.6 Å². The molecule has 0 N–H and O–H groups in total. The molecule has 58 valence electrons. The van der Waals surface area contributed by atoms with Gasteiger partial charge in [0.1, 0.15) is 0 Å². The SMILES string of the molecule is Clc1c(Br)ccnc1C1CC1. The molecule has 11 heavy (non-hydrogen) atoms. The normalized spacial score (nSPS) is 16.9. The lowest BCUT2D eigenvalue weighted by Gasteiger charge is -2.00. The van der Waals surface area contributed by atoms with E-state index in [0.717, 1.165) is 15.2 Å². The van der Waals surface area contributed by atoms with Gasteiger partial charge in [-0.05, 0) is 34.8 Å². The van der Waals surface area contributed by atoms with E-state index in [1.165, 1.54) is 12.8 Å². The van der Waals surface area contributed by atoms with Crippen molar-refractivity contribution in [3.63, 3.8) is 0 Å². The van der Waals surface area contributed by atoms with Crippen LogP contribution in [0.1, 0.15) is 24.5 Å². The van der Waals surface area contributed by atoms with Crippen molar-refractivity contribution in [2.45, 2.75) is 18.8 Å². The predicted molar refractivity (Wildman–Crippen MR) is 48.9 cm³/mol. The van der Waals surface area contributed by atoms with E-state index in [-0.39, 0.29) is 0 Å². The van der Waals surface area contributed by atoms with Crippen LogP contribution >= 0.6 is 27.5 Å². The summed E-state index contributed by atoms with van der Waals surface area (Å²) in [5.41, 5.74) is 1.06. The molecule has 0 unspecified atom stereocenters. The Morgan fingerprint density at radius 2 is 2.27 bits per heavy atom. The first kappa shape index (κ1) is 7.56. The molecule has 0 bridgehead atoms. The quantitative estimate of drug-likeness (QED) is 0.723. The van der Waals surface area contributed by atoms with Crippen molar-refractivity contribution < 1.29 is 0 Å². The number of rotatable bonds is 1. The van der Waals surface area contributed by atoms with Crippen LogP contribution in [0, 0.1) is 0 Å². The molecule has 1 aliphatic rings. The van der Waals surface area contributed by atoms with Gasteiger partial charge in [0.25, 0.3) is 0 Å². The van der Waals surface area contributed by atoms with Gasteiger partial charge in [0.05, 0.1) is 10.7 Å². The average Bonchev–Trinajstić information content (AvgIpc) is 2.77. The molecule has 1 nitrogen and oxygen atoms in total. The molecule has 3 heteroatoms. The van der Waals surface area contributed by atoms with E-state index in [9.17, 15) is 0 Å². The third-order valence-electron chi connectivity index (χ3n) is 1.83. The van der Waals surface area contributed by atoms with Crippen molar-refractivity contribution in [2.24, 2.45) is 0 Å². The molecule has 0 radical (unpaired) electrons. The Kier molecular flexibility index (Phi) is 1.90. The molecule has 1 heterocycles. The minimum absolute atomic E-state index is 0.625. The Balaban J connectivity index is 2.45. The third-order valence-corrected chi connectivity index (χ3v) is 3.12. The molecule has 0 aliphatic heterocycles. The van der Waals surface area contributed by atoms with Crippen LogP contribution in [0.25, 0.3) is 0 Å². The van der Waals surface area contributed by atoms with E-state index in [0.29, 0.717) is 5.92 Å². The van der Waals surface area contributed by atoms with E-state index in [1.54, 1.807) is 6.20 Å². The van der Waals surface area contributed by atoms with E-state index in [1.807, 2.05) is 6.07 Å². The van der Waals surface area contributed by atoms with Gasteiger partial charge in [-0.25, -0.2) is 0 Å². The van der Waals surface area contributed by atoms with Crippen LogP contribution in [0.5, 0.6) is 0 Å². The van der Waals surface area contributed by atoms with Crippen LogP contribution in [-0.4, -0.2) is 4.98 Å². The first-order chi connectivity index (χ1) is 5.29. The minimum atomic E-state index is 0.625. The summed E-state index contributed by atoms with van der Waals surface area (Å²) < 4.78 is 0.955. The number of pyridine rings is 1. The maximum atomic E-state index is 6.02. The van der Waals surface area contributed by atoms with Crippen LogP contribution in [0.2, 0.25) is 5.02 Å². The van der Waals surface area contributed by atoms with Gasteiger partial charge >= 0.3 is 0 Å². The average molecular weight is 233 g/mol. The predicted octanol–water partition coefficient (Wildman–Crippen LogP) is 3.37. The summed E-state index contributed by atoms with van der Waals surface area (Å²) in [6.45, 7) is 0. The van der Waals surface area contributed by atoms with Crippen molar-refractivity contribution in [1.29, 1.82) is 0 Å². The first-order valence-corrected chi connectivity index (χ1v) is 4.76. The van der Waals surface area contributed by atoms with Gasteiger partial charge in [0.15, 0.2) is 0 Å². The number of hydrogen-bond acceptors (Lipinski definition) is 1. The van der Waals surface area contributed by atoms with Crippen LogP contribution in [-0.2, 0) is 0 Å². The van der Waals surface area contributed by atoms with E-state index >= 15 is 0 Å². The Hall–Kier alpha value is -0.0800. The molecule has 0 saturated heterocycles. The molecule has 1 aromatic rings.